The number of rotatable bonds is 4. The average molecular weight is 266 g/mol. The summed E-state index contributed by atoms with van der Waals surface area (Å²) in [6.07, 6.45) is 1.88. The van der Waals surface area contributed by atoms with Crippen LogP contribution in [-0.4, -0.2) is 22.5 Å². The highest BCUT2D eigenvalue weighted by Crippen LogP contribution is 2.25. The molecule has 86 valence electrons. The van der Waals surface area contributed by atoms with E-state index in [9.17, 15) is 0 Å². The number of thiazole rings is 1. The predicted molar refractivity (Wildman–Crippen MR) is 66.1 cm³/mol. The molecule has 2 heterocycles. The number of nitriles is 2. The summed E-state index contributed by atoms with van der Waals surface area (Å²) in [5, 5.41) is 19.4. The molecule has 0 fully saturated rings. The Morgan fingerprint density at radius 3 is 2.71 bits per heavy atom. The van der Waals surface area contributed by atoms with Crippen LogP contribution in [0.3, 0.4) is 0 Å². The molecule has 0 radical (unpaired) electrons. The standard InChI is InChI=1S/C10H8ClN5S/c11-7-8-9(15(3-1-12)4-2-13)14-10-16(8)5-6-17-10/h5-6H,3-4,7H2. The zero-order chi connectivity index (χ0) is 12.3. The maximum atomic E-state index is 8.75. The van der Waals surface area contributed by atoms with Crippen molar-refractivity contribution in [1.29, 1.82) is 10.5 Å². The normalized spacial score (nSPS) is 10.1. The van der Waals surface area contributed by atoms with E-state index in [2.05, 4.69) is 4.98 Å². The summed E-state index contributed by atoms with van der Waals surface area (Å²) < 4.78 is 1.88. The van der Waals surface area contributed by atoms with Gasteiger partial charge in [0.2, 0.25) is 0 Å². The second-order valence-corrected chi connectivity index (χ2v) is 4.38. The van der Waals surface area contributed by atoms with Crippen LogP contribution in [0.15, 0.2) is 11.6 Å². The fraction of sp³-hybridized carbons (Fsp3) is 0.300. The quantitative estimate of drug-likeness (QED) is 0.626. The molecule has 0 unspecified atom stereocenters. The Morgan fingerprint density at radius 1 is 1.41 bits per heavy atom. The first-order valence-corrected chi connectivity index (χ1v) is 6.22. The Kier molecular flexibility index (Phi) is 3.48. The van der Waals surface area contributed by atoms with Crippen LogP contribution in [0.1, 0.15) is 5.69 Å². The van der Waals surface area contributed by atoms with Crippen LogP contribution < -0.4 is 4.90 Å². The molecule has 0 aliphatic carbocycles. The predicted octanol–water partition coefficient (Wildman–Crippen LogP) is 1.99. The molecule has 0 saturated carbocycles. The van der Waals surface area contributed by atoms with Crippen LogP contribution in [-0.2, 0) is 5.88 Å². The average Bonchev–Trinajstić information content (AvgIpc) is 2.87. The van der Waals surface area contributed by atoms with Gasteiger partial charge in [0.15, 0.2) is 10.8 Å². The lowest BCUT2D eigenvalue weighted by atomic mass is 10.4. The lowest BCUT2D eigenvalue weighted by molar-refractivity contribution is 0.930. The van der Waals surface area contributed by atoms with Gasteiger partial charge in [-0.15, -0.1) is 22.9 Å². The fourth-order valence-corrected chi connectivity index (χ4v) is 2.55. The Labute approximate surface area is 107 Å². The molecule has 2 rings (SSSR count). The van der Waals surface area contributed by atoms with Gasteiger partial charge in [0.25, 0.3) is 0 Å². The largest absolute Gasteiger partial charge is 0.328 e. The highest BCUT2D eigenvalue weighted by atomic mass is 35.5. The van der Waals surface area contributed by atoms with Crippen molar-refractivity contribution in [3.8, 4) is 12.1 Å². The van der Waals surface area contributed by atoms with Gasteiger partial charge in [-0.1, -0.05) is 0 Å². The molecule has 0 N–H and O–H groups in total. The first kappa shape index (κ1) is 11.7. The summed E-state index contributed by atoms with van der Waals surface area (Å²) in [4.78, 5) is 6.84. The summed E-state index contributed by atoms with van der Waals surface area (Å²) in [6.45, 7) is 0.255. The number of nitrogens with zero attached hydrogens (tertiary/aromatic N) is 5. The van der Waals surface area contributed by atoms with E-state index in [1.165, 1.54) is 11.3 Å². The highest BCUT2D eigenvalue weighted by Gasteiger charge is 2.17. The maximum Gasteiger partial charge on any atom is 0.195 e. The maximum absolute atomic E-state index is 8.75. The van der Waals surface area contributed by atoms with Gasteiger partial charge >= 0.3 is 0 Å². The van der Waals surface area contributed by atoms with Gasteiger partial charge in [-0.05, 0) is 0 Å². The van der Waals surface area contributed by atoms with Gasteiger partial charge in [-0.2, -0.15) is 10.5 Å². The molecule has 0 aliphatic rings. The molecule has 2 aromatic rings. The first-order valence-electron chi connectivity index (χ1n) is 4.81. The number of hydrogen-bond acceptors (Lipinski definition) is 5. The molecule has 5 nitrogen and oxygen atoms in total. The zero-order valence-electron chi connectivity index (χ0n) is 8.80. The summed E-state index contributed by atoms with van der Waals surface area (Å²) >= 11 is 7.40. The molecule has 17 heavy (non-hydrogen) atoms. The molecule has 0 amide bonds. The molecule has 7 heteroatoms. The molecule has 0 bridgehead atoms. The van der Waals surface area contributed by atoms with Gasteiger partial charge < -0.3 is 4.90 Å². The summed E-state index contributed by atoms with van der Waals surface area (Å²) in [5.41, 5.74) is 0.813. The second-order valence-electron chi connectivity index (χ2n) is 3.24. The number of aromatic nitrogens is 2. The van der Waals surface area contributed by atoms with E-state index in [0.717, 1.165) is 10.7 Å². The second kappa shape index (κ2) is 5.05. The van der Waals surface area contributed by atoms with E-state index in [4.69, 9.17) is 22.1 Å². The Bertz CT molecular complexity index is 586. The number of hydrogen-bond donors (Lipinski definition) is 0. The third-order valence-corrected chi connectivity index (χ3v) is 3.30. The van der Waals surface area contributed by atoms with Crippen LogP contribution in [0.5, 0.6) is 0 Å². The minimum atomic E-state index is 0.127. The van der Waals surface area contributed by atoms with Crippen molar-refractivity contribution in [2.45, 2.75) is 5.88 Å². The monoisotopic (exact) mass is 265 g/mol. The summed E-state index contributed by atoms with van der Waals surface area (Å²) in [5.74, 6) is 0.913. The van der Waals surface area contributed by atoms with Crippen LogP contribution in [0, 0.1) is 22.7 Å². The SMILES string of the molecule is N#CCN(CC#N)c1nc2sccn2c1CCl. The van der Waals surface area contributed by atoms with E-state index >= 15 is 0 Å². The van der Waals surface area contributed by atoms with Gasteiger partial charge in [0.05, 0.1) is 23.7 Å². The summed E-state index contributed by atoms with van der Waals surface area (Å²) in [7, 11) is 0. The number of alkyl halides is 1. The lowest BCUT2D eigenvalue weighted by Gasteiger charge is -2.16. The number of anilines is 1. The number of halogens is 1. The number of imidazole rings is 1. The molecule has 0 aliphatic heterocycles. The minimum Gasteiger partial charge on any atom is -0.328 e. The van der Waals surface area contributed by atoms with Crippen molar-refractivity contribution < 1.29 is 0 Å². The van der Waals surface area contributed by atoms with E-state index in [1.54, 1.807) is 4.90 Å². The molecular weight excluding hydrogens is 258 g/mol. The summed E-state index contributed by atoms with van der Waals surface area (Å²) in [6, 6.07) is 4.05. The van der Waals surface area contributed by atoms with Gasteiger partial charge in [-0.3, -0.25) is 4.40 Å². The van der Waals surface area contributed by atoms with E-state index in [0.29, 0.717) is 11.7 Å². The lowest BCUT2D eigenvalue weighted by Crippen LogP contribution is -2.25. The zero-order valence-corrected chi connectivity index (χ0v) is 10.4. The Morgan fingerprint density at radius 2 is 2.12 bits per heavy atom. The van der Waals surface area contributed by atoms with Crippen LogP contribution in [0.4, 0.5) is 5.82 Å². The van der Waals surface area contributed by atoms with Crippen LogP contribution in [0.25, 0.3) is 4.96 Å². The fourth-order valence-electron chi connectivity index (χ4n) is 1.57. The Hall–Kier alpha value is -1.76. The van der Waals surface area contributed by atoms with E-state index in [1.807, 2.05) is 28.1 Å². The molecule has 0 spiro atoms. The van der Waals surface area contributed by atoms with E-state index < -0.39 is 0 Å². The van der Waals surface area contributed by atoms with Crippen molar-refractivity contribution in [2.24, 2.45) is 0 Å². The number of fused-ring (bicyclic) bond motifs is 1. The topological polar surface area (TPSA) is 68.1 Å². The van der Waals surface area contributed by atoms with Crippen molar-refractivity contribution in [2.75, 3.05) is 18.0 Å². The van der Waals surface area contributed by atoms with Crippen molar-refractivity contribution in [3.63, 3.8) is 0 Å². The molecule has 2 aromatic heterocycles. The van der Waals surface area contributed by atoms with Crippen molar-refractivity contribution >= 4 is 33.7 Å². The van der Waals surface area contributed by atoms with Crippen molar-refractivity contribution in [3.05, 3.63) is 17.3 Å². The van der Waals surface area contributed by atoms with Crippen LogP contribution >= 0.6 is 22.9 Å². The molecular formula is C10H8ClN5S. The smallest absolute Gasteiger partial charge is 0.195 e. The van der Waals surface area contributed by atoms with Gasteiger partial charge in [-0.25, -0.2) is 4.98 Å². The van der Waals surface area contributed by atoms with Crippen molar-refractivity contribution in [1.82, 2.24) is 9.38 Å². The Balaban J connectivity index is 2.49. The minimum absolute atomic E-state index is 0.127. The highest BCUT2D eigenvalue weighted by molar-refractivity contribution is 7.15. The first-order chi connectivity index (χ1) is 8.31. The van der Waals surface area contributed by atoms with E-state index in [-0.39, 0.29) is 13.1 Å². The van der Waals surface area contributed by atoms with Crippen LogP contribution in [0.2, 0.25) is 0 Å². The van der Waals surface area contributed by atoms with Gasteiger partial charge in [0, 0.05) is 11.6 Å². The molecule has 0 saturated heterocycles. The third kappa shape index (κ3) is 2.05. The van der Waals surface area contributed by atoms with Gasteiger partial charge in [0.1, 0.15) is 13.1 Å². The third-order valence-electron chi connectivity index (χ3n) is 2.29. The molecule has 0 atom stereocenters. The molecule has 0 aromatic carbocycles.